The molecule has 20 heavy (non-hydrogen) atoms. The molecular weight excluding hydrogens is 246 g/mol. The number of imidazole rings is 1. The summed E-state index contributed by atoms with van der Waals surface area (Å²) in [6.07, 6.45) is 10.6. The van der Waals surface area contributed by atoms with Crippen LogP contribution in [0.3, 0.4) is 0 Å². The van der Waals surface area contributed by atoms with Gasteiger partial charge in [-0.2, -0.15) is 0 Å². The van der Waals surface area contributed by atoms with Crippen molar-refractivity contribution in [3.63, 3.8) is 0 Å². The fourth-order valence-electron chi connectivity index (χ4n) is 3.05. The molecule has 104 valence electrons. The number of rotatable bonds is 5. The van der Waals surface area contributed by atoms with Gasteiger partial charge < -0.3 is 9.88 Å². The van der Waals surface area contributed by atoms with E-state index in [1.807, 2.05) is 6.33 Å². The number of hydrogen-bond acceptors (Lipinski definition) is 2. The number of fused-ring (bicyclic) bond motifs is 1. The summed E-state index contributed by atoms with van der Waals surface area (Å²) in [5, 5.41) is 3.51. The summed E-state index contributed by atoms with van der Waals surface area (Å²) in [5.41, 5.74) is 5.65. The first-order chi connectivity index (χ1) is 9.87. The van der Waals surface area contributed by atoms with E-state index in [4.69, 9.17) is 0 Å². The molecule has 0 aliphatic heterocycles. The maximum atomic E-state index is 4.49. The molecular formula is C17H21N3. The lowest BCUT2D eigenvalue weighted by atomic mass is 10.1. The summed E-state index contributed by atoms with van der Waals surface area (Å²) in [6.45, 7) is 1.84. The Morgan fingerprint density at radius 2 is 2.10 bits per heavy atom. The SMILES string of the molecule is c1cc2c(cc1Cn1cnc(CNC3CC3)c1)CCC2. The molecule has 0 atom stereocenters. The van der Waals surface area contributed by atoms with Gasteiger partial charge in [-0.1, -0.05) is 18.2 Å². The van der Waals surface area contributed by atoms with Gasteiger partial charge in [0.1, 0.15) is 0 Å². The lowest BCUT2D eigenvalue weighted by molar-refractivity contribution is 0.676. The minimum Gasteiger partial charge on any atom is -0.333 e. The van der Waals surface area contributed by atoms with Crippen molar-refractivity contribution in [1.29, 1.82) is 0 Å². The Balaban J connectivity index is 1.42. The van der Waals surface area contributed by atoms with Crippen LogP contribution in [0.25, 0.3) is 0 Å². The number of nitrogens with one attached hydrogen (secondary N) is 1. The van der Waals surface area contributed by atoms with Gasteiger partial charge in [0.25, 0.3) is 0 Å². The standard InChI is InChI=1S/C17H21N3/c1-2-14-5-4-13(8-15(14)3-1)10-20-11-17(19-12-20)9-18-16-6-7-16/h4-5,8,11-12,16,18H,1-3,6-7,9-10H2. The number of aromatic nitrogens is 2. The Morgan fingerprint density at radius 3 is 3.00 bits per heavy atom. The maximum absolute atomic E-state index is 4.49. The Labute approximate surface area is 120 Å². The molecule has 2 aromatic rings. The van der Waals surface area contributed by atoms with Crippen molar-refractivity contribution in [2.45, 2.75) is 51.2 Å². The second kappa shape index (κ2) is 5.06. The van der Waals surface area contributed by atoms with Crippen molar-refractivity contribution in [3.05, 3.63) is 53.1 Å². The predicted molar refractivity (Wildman–Crippen MR) is 79.7 cm³/mol. The highest BCUT2D eigenvalue weighted by atomic mass is 15.1. The van der Waals surface area contributed by atoms with E-state index in [1.165, 1.54) is 37.7 Å². The normalized spacial score (nSPS) is 17.4. The average Bonchev–Trinajstić information content (AvgIpc) is 2.99. The molecule has 0 saturated heterocycles. The van der Waals surface area contributed by atoms with E-state index < -0.39 is 0 Å². The maximum Gasteiger partial charge on any atom is 0.0953 e. The predicted octanol–water partition coefficient (Wildman–Crippen LogP) is 2.67. The van der Waals surface area contributed by atoms with E-state index in [0.717, 1.165) is 24.8 Å². The minimum atomic E-state index is 0.747. The Morgan fingerprint density at radius 1 is 1.20 bits per heavy atom. The van der Waals surface area contributed by atoms with Crippen LogP contribution >= 0.6 is 0 Å². The lowest BCUT2D eigenvalue weighted by Crippen LogP contribution is -2.15. The van der Waals surface area contributed by atoms with Crippen LogP contribution in [-0.4, -0.2) is 15.6 Å². The summed E-state index contributed by atoms with van der Waals surface area (Å²) in [7, 11) is 0. The van der Waals surface area contributed by atoms with E-state index in [-0.39, 0.29) is 0 Å². The molecule has 2 aliphatic carbocycles. The van der Waals surface area contributed by atoms with Crippen LogP contribution in [0, 0.1) is 0 Å². The zero-order valence-corrected chi connectivity index (χ0v) is 11.8. The van der Waals surface area contributed by atoms with E-state index >= 15 is 0 Å². The summed E-state index contributed by atoms with van der Waals surface area (Å²) in [5.74, 6) is 0. The summed E-state index contributed by atoms with van der Waals surface area (Å²) < 4.78 is 2.20. The summed E-state index contributed by atoms with van der Waals surface area (Å²) in [6, 6.07) is 7.71. The van der Waals surface area contributed by atoms with Gasteiger partial charge in [-0.15, -0.1) is 0 Å². The second-order valence-electron chi connectivity index (χ2n) is 6.15. The third-order valence-electron chi connectivity index (χ3n) is 4.36. The highest BCUT2D eigenvalue weighted by Crippen LogP contribution is 2.23. The van der Waals surface area contributed by atoms with Crippen LogP contribution in [0.2, 0.25) is 0 Å². The van der Waals surface area contributed by atoms with Crippen molar-refractivity contribution in [2.75, 3.05) is 0 Å². The third kappa shape index (κ3) is 2.63. The molecule has 0 radical (unpaired) electrons. The monoisotopic (exact) mass is 267 g/mol. The van der Waals surface area contributed by atoms with Crippen molar-refractivity contribution >= 4 is 0 Å². The molecule has 0 spiro atoms. The van der Waals surface area contributed by atoms with Crippen LogP contribution in [0.1, 0.15) is 41.6 Å². The number of hydrogen-bond donors (Lipinski definition) is 1. The van der Waals surface area contributed by atoms with Gasteiger partial charge in [0, 0.05) is 25.3 Å². The first kappa shape index (κ1) is 12.2. The molecule has 3 heteroatoms. The number of aryl methyl sites for hydroxylation is 2. The van der Waals surface area contributed by atoms with E-state index in [0.29, 0.717) is 0 Å². The Bertz CT molecular complexity index is 610. The molecule has 1 aromatic heterocycles. The van der Waals surface area contributed by atoms with Gasteiger partial charge in [-0.05, 0) is 48.8 Å². The fraction of sp³-hybridized carbons (Fsp3) is 0.471. The van der Waals surface area contributed by atoms with Gasteiger partial charge in [-0.3, -0.25) is 0 Å². The molecule has 1 fully saturated rings. The van der Waals surface area contributed by atoms with Crippen LogP contribution in [0.15, 0.2) is 30.7 Å². The van der Waals surface area contributed by atoms with Crippen LogP contribution in [-0.2, 0) is 25.9 Å². The molecule has 4 rings (SSSR count). The summed E-state index contributed by atoms with van der Waals surface area (Å²) in [4.78, 5) is 4.49. The minimum absolute atomic E-state index is 0.747. The van der Waals surface area contributed by atoms with Crippen molar-refractivity contribution < 1.29 is 0 Å². The Hall–Kier alpha value is -1.61. The fourth-order valence-corrected chi connectivity index (χ4v) is 3.05. The highest BCUT2D eigenvalue weighted by molar-refractivity contribution is 5.35. The molecule has 1 saturated carbocycles. The van der Waals surface area contributed by atoms with Crippen molar-refractivity contribution in [1.82, 2.24) is 14.9 Å². The number of nitrogens with zero attached hydrogens (tertiary/aromatic N) is 2. The zero-order chi connectivity index (χ0) is 13.4. The summed E-state index contributed by atoms with van der Waals surface area (Å²) >= 11 is 0. The molecule has 0 amide bonds. The third-order valence-corrected chi connectivity index (χ3v) is 4.36. The van der Waals surface area contributed by atoms with E-state index in [2.05, 4.69) is 39.3 Å². The molecule has 1 N–H and O–H groups in total. The topological polar surface area (TPSA) is 29.9 Å². The van der Waals surface area contributed by atoms with Gasteiger partial charge in [0.2, 0.25) is 0 Å². The molecule has 2 aliphatic rings. The largest absolute Gasteiger partial charge is 0.333 e. The highest BCUT2D eigenvalue weighted by Gasteiger charge is 2.20. The van der Waals surface area contributed by atoms with Crippen LogP contribution in [0.5, 0.6) is 0 Å². The number of benzene rings is 1. The average molecular weight is 267 g/mol. The van der Waals surface area contributed by atoms with Crippen LogP contribution in [0.4, 0.5) is 0 Å². The first-order valence-electron chi connectivity index (χ1n) is 7.71. The quantitative estimate of drug-likeness (QED) is 0.902. The van der Waals surface area contributed by atoms with Gasteiger partial charge in [0.15, 0.2) is 0 Å². The molecule has 0 bridgehead atoms. The first-order valence-corrected chi connectivity index (χ1v) is 7.71. The molecule has 0 unspecified atom stereocenters. The molecule has 1 heterocycles. The molecule has 3 nitrogen and oxygen atoms in total. The van der Waals surface area contributed by atoms with Crippen molar-refractivity contribution in [3.8, 4) is 0 Å². The second-order valence-corrected chi connectivity index (χ2v) is 6.15. The Kier molecular flexibility index (Phi) is 3.07. The van der Waals surface area contributed by atoms with E-state index in [9.17, 15) is 0 Å². The molecule has 1 aromatic carbocycles. The van der Waals surface area contributed by atoms with Gasteiger partial charge >= 0.3 is 0 Å². The zero-order valence-electron chi connectivity index (χ0n) is 11.8. The van der Waals surface area contributed by atoms with Crippen LogP contribution < -0.4 is 5.32 Å². The van der Waals surface area contributed by atoms with Gasteiger partial charge in [-0.25, -0.2) is 4.98 Å². The lowest BCUT2D eigenvalue weighted by Gasteiger charge is -2.05. The van der Waals surface area contributed by atoms with Crippen molar-refractivity contribution in [2.24, 2.45) is 0 Å². The smallest absolute Gasteiger partial charge is 0.0953 e. The van der Waals surface area contributed by atoms with Gasteiger partial charge in [0.05, 0.1) is 12.0 Å². The van der Waals surface area contributed by atoms with E-state index in [1.54, 1.807) is 11.1 Å².